The van der Waals surface area contributed by atoms with Crippen molar-refractivity contribution in [1.29, 1.82) is 0 Å². The Kier molecular flexibility index (Phi) is 6.12. The first-order chi connectivity index (χ1) is 11.2. The summed E-state index contributed by atoms with van der Waals surface area (Å²) in [5.74, 6) is -0.286. The van der Waals surface area contributed by atoms with Crippen LogP contribution in [0.1, 0.15) is 22.8 Å². The largest absolute Gasteiger partial charge is 0.481 e. The molecule has 2 aromatic rings. The van der Waals surface area contributed by atoms with Crippen LogP contribution >= 0.6 is 0 Å². The summed E-state index contributed by atoms with van der Waals surface area (Å²) in [6.45, 7) is 1.80. The van der Waals surface area contributed by atoms with Gasteiger partial charge in [0.2, 0.25) is 0 Å². The van der Waals surface area contributed by atoms with E-state index in [1.807, 2.05) is 30.3 Å². The molecule has 2 aromatic carbocycles. The molecule has 0 radical (unpaired) electrons. The van der Waals surface area contributed by atoms with Crippen molar-refractivity contribution in [3.63, 3.8) is 0 Å². The van der Waals surface area contributed by atoms with E-state index in [1.54, 1.807) is 37.3 Å². The van der Waals surface area contributed by atoms with Gasteiger partial charge in [0.25, 0.3) is 0 Å². The molecule has 0 aliphatic heterocycles. The smallest absolute Gasteiger partial charge is 0.344 e. The van der Waals surface area contributed by atoms with Gasteiger partial charge in [-0.05, 0) is 30.7 Å². The third-order valence-electron chi connectivity index (χ3n) is 3.03. The van der Waals surface area contributed by atoms with Gasteiger partial charge in [-0.1, -0.05) is 48.5 Å². The van der Waals surface area contributed by atoms with Crippen LogP contribution in [0.15, 0.2) is 60.7 Å². The van der Waals surface area contributed by atoms with Crippen LogP contribution in [0.4, 0.5) is 0 Å². The highest BCUT2D eigenvalue weighted by molar-refractivity contribution is 6.08. The predicted octanol–water partition coefficient (Wildman–Crippen LogP) is 3.52. The van der Waals surface area contributed by atoms with E-state index >= 15 is 0 Å². The Labute approximate surface area is 135 Å². The number of carbonyl (C=O) groups is 2. The number of hydrogen-bond acceptors (Lipinski definition) is 4. The molecule has 0 saturated heterocycles. The number of esters is 1. The van der Waals surface area contributed by atoms with Gasteiger partial charge in [-0.25, -0.2) is 4.79 Å². The van der Waals surface area contributed by atoms with Gasteiger partial charge in [0.05, 0.1) is 12.2 Å². The first kappa shape index (κ1) is 16.5. The lowest BCUT2D eigenvalue weighted by Gasteiger charge is -2.09. The molecule has 0 unspecified atom stereocenters. The zero-order valence-corrected chi connectivity index (χ0v) is 12.9. The highest BCUT2D eigenvalue weighted by atomic mass is 16.6. The van der Waals surface area contributed by atoms with Gasteiger partial charge in [-0.3, -0.25) is 4.79 Å². The SMILES string of the molecule is CCOC(=O)COc1ccccc1C(=O)/C=C/c1ccccc1. The van der Waals surface area contributed by atoms with Crippen molar-refractivity contribution in [3.8, 4) is 5.75 Å². The van der Waals surface area contributed by atoms with Crippen LogP contribution in [0.3, 0.4) is 0 Å². The fraction of sp³-hybridized carbons (Fsp3) is 0.158. The van der Waals surface area contributed by atoms with Crippen molar-refractivity contribution in [3.05, 3.63) is 71.8 Å². The quantitative estimate of drug-likeness (QED) is 0.446. The molecule has 2 rings (SSSR count). The van der Waals surface area contributed by atoms with E-state index in [9.17, 15) is 9.59 Å². The Morgan fingerprint density at radius 1 is 1.00 bits per heavy atom. The van der Waals surface area contributed by atoms with Crippen LogP contribution in [0.2, 0.25) is 0 Å². The zero-order chi connectivity index (χ0) is 16.5. The first-order valence-corrected chi connectivity index (χ1v) is 7.35. The van der Waals surface area contributed by atoms with E-state index < -0.39 is 5.97 Å². The molecule has 0 atom stereocenters. The lowest BCUT2D eigenvalue weighted by atomic mass is 10.1. The van der Waals surface area contributed by atoms with Crippen molar-refractivity contribution >= 4 is 17.8 Å². The Balaban J connectivity index is 2.08. The fourth-order valence-electron chi connectivity index (χ4n) is 1.96. The van der Waals surface area contributed by atoms with Crippen LogP contribution in [0.25, 0.3) is 6.08 Å². The molecule has 0 aliphatic rings. The van der Waals surface area contributed by atoms with Gasteiger partial charge in [0.15, 0.2) is 12.4 Å². The van der Waals surface area contributed by atoms with Gasteiger partial charge in [-0.2, -0.15) is 0 Å². The van der Waals surface area contributed by atoms with Gasteiger partial charge in [-0.15, -0.1) is 0 Å². The highest BCUT2D eigenvalue weighted by Gasteiger charge is 2.11. The number of allylic oxidation sites excluding steroid dienone is 1. The first-order valence-electron chi connectivity index (χ1n) is 7.35. The molecule has 0 amide bonds. The average molecular weight is 310 g/mol. The summed E-state index contributed by atoms with van der Waals surface area (Å²) in [5.41, 5.74) is 1.34. The van der Waals surface area contributed by atoms with Gasteiger partial charge in [0, 0.05) is 0 Å². The van der Waals surface area contributed by atoms with Gasteiger partial charge in [0.1, 0.15) is 5.75 Å². The minimum Gasteiger partial charge on any atom is -0.481 e. The molecule has 0 fully saturated rings. The maximum atomic E-state index is 12.3. The summed E-state index contributed by atoms with van der Waals surface area (Å²) in [4.78, 5) is 23.7. The number of rotatable bonds is 7. The van der Waals surface area contributed by atoms with E-state index in [2.05, 4.69) is 0 Å². The monoisotopic (exact) mass is 310 g/mol. The zero-order valence-electron chi connectivity index (χ0n) is 12.9. The molecule has 0 bridgehead atoms. The Bertz CT molecular complexity index is 690. The fourth-order valence-corrected chi connectivity index (χ4v) is 1.96. The normalized spacial score (nSPS) is 10.5. The maximum absolute atomic E-state index is 12.3. The van der Waals surface area contributed by atoms with Crippen LogP contribution < -0.4 is 4.74 Å². The summed E-state index contributed by atoms with van der Waals surface area (Å²) in [7, 11) is 0. The molecule has 0 heterocycles. The molecule has 4 heteroatoms. The number of carbonyl (C=O) groups excluding carboxylic acids is 2. The molecule has 118 valence electrons. The number of ether oxygens (including phenoxy) is 2. The summed E-state index contributed by atoms with van der Waals surface area (Å²) in [6, 6.07) is 16.4. The van der Waals surface area contributed by atoms with Crippen molar-refractivity contribution in [2.24, 2.45) is 0 Å². The molecular weight excluding hydrogens is 292 g/mol. The van der Waals surface area contributed by atoms with Crippen LogP contribution in [-0.4, -0.2) is 25.0 Å². The highest BCUT2D eigenvalue weighted by Crippen LogP contribution is 2.19. The molecule has 23 heavy (non-hydrogen) atoms. The van der Waals surface area contributed by atoms with Gasteiger partial charge >= 0.3 is 5.97 Å². The Hall–Kier alpha value is -2.88. The topological polar surface area (TPSA) is 52.6 Å². The summed E-state index contributed by atoms with van der Waals surface area (Å²) >= 11 is 0. The number of hydrogen-bond donors (Lipinski definition) is 0. The van der Waals surface area contributed by atoms with E-state index in [0.29, 0.717) is 17.9 Å². The van der Waals surface area contributed by atoms with Crippen LogP contribution in [0.5, 0.6) is 5.75 Å². The van der Waals surface area contributed by atoms with Crippen molar-refractivity contribution in [2.75, 3.05) is 13.2 Å². The Morgan fingerprint density at radius 2 is 1.70 bits per heavy atom. The maximum Gasteiger partial charge on any atom is 0.344 e. The summed E-state index contributed by atoms with van der Waals surface area (Å²) in [6.07, 6.45) is 3.23. The molecule has 0 saturated carbocycles. The van der Waals surface area contributed by atoms with Crippen molar-refractivity contribution < 1.29 is 19.1 Å². The van der Waals surface area contributed by atoms with Crippen LogP contribution in [-0.2, 0) is 9.53 Å². The lowest BCUT2D eigenvalue weighted by Crippen LogP contribution is -2.15. The standard InChI is InChI=1S/C19H18O4/c1-2-22-19(21)14-23-18-11-7-6-10-16(18)17(20)13-12-15-8-4-3-5-9-15/h3-13H,2,14H2,1H3/b13-12+. The van der Waals surface area contributed by atoms with Gasteiger partial charge < -0.3 is 9.47 Å². The molecule has 0 N–H and O–H groups in total. The number of benzene rings is 2. The predicted molar refractivity (Wildman–Crippen MR) is 88.4 cm³/mol. The van der Waals surface area contributed by atoms with E-state index in [1.165, 1.54) is 6.08 Å². The van der Waals surface area contributed by atoms with Crippen molar-refractivity contribution in [2.45, 2.75) is 6.92 Å². The minimum atomic E-state index is -0.463. The van der Waals surface area contributed by atoms with Crippen LogP contribution in [0, 0.1) is 0 Å². The van der Waals surface area contributed by atoms with E-state index in [0.717, 1.165) is 5.56 Å². The molecule has 0 spiro atoms. The number of ketones is 1. The van der Waals surface area contributed by atoms with Crippen molar-refractivity contribution in [1.82, 2.24) is 0 Å². The van der Waals surface area contributed by atoms with E-state index in [-0.39, 0.29) is 12.4 Å². The molecule has 0 aromatic heterocycles. The minimum absolute atomic E-state index is 0.187. The Morgan fingerprint density at radius 3 is 2.43 bits per heavy atom. The third kappa shape index (κ3) is 5.11. The molecule has 4 nitrogen and oxygen atoms in total. The second-order valence-electron chi connectivity index (χ2n) is 4.70. The second-order valence-corrected chi connectivity index (χ2v) is 4.70. The molecular formula is C19H18O4. The average Bonchev–Trinajstić information content (AvgIpc) is 2.59. The summed E-state index contributed by atoms with van der Waals surface area (Å²) < 4.78 is 10.2. The van der Waals surface area contributed by atoms with E-state index in [4.69, 9.17) is 9.47 Å². The molecule has 0 aliphatic carbocycles. The second kappa shape index (κ2) is 8.54. The number of para-hydroxylation sites is 1. The lowest BCUT2D eigenvalue weighted by molar-refractivity contribution is -0.145. The third-order valence-corrected chi connectivity index (χ3v) is 3.03. The summed E-state index contributed by atoms with van der Waals surface area (Å²) in [5, 5.41) is 0.